The number of fused-ring (bicyclic) bond motifs is 1. The van der Waals surface area contributed by atoms with Crippen molar-refractivity contribution >= 4 is 5.69 Å². The van der Waals surface area contributed by atoms with E-state index in [0.717, 1.165) is 23.0 Å². The van der Waals surface area contributed by atoms with Crippen LogP contribution in [0, 0.1) is 0 Å². The molecule has 1 aromatic carbocycles. The van der Waals surface area contributed by atoms with E-state index < -0.39 is 0 Å². The second-order valence-electron chi connectivity index (χ2n) is 6.53. The molecule has 23 heavy (non-hydrogen) atoms. The summed E-state index contributed by atoms with van der Waals surface area (Å²) < 4.78 is 13.8. The van der Waals surface area contributed by atoms with E-state index in [0.29, 0.717) is 31.7 Å². The highest BCUT2D eigenvalue weighted by Crippen LogP contribution is 2.45. The van der Waals surface area contributed by atoms with E-state index in [-0.39, 0.29) is 0 Å². The van der Waals surface area contributed by atoms with Gasteiger partial charge in [-0.25, -0.2) is 0 Å². The van der Waals surface area contributed by atoms with Gasteiger partial charge in [0, 0.05) is 12.0 Å². The molecule has 3 aliphatic rings. The fourth-order valence-corrected chi connectivity index (χ4v) is 3.20. The molecule has 1 N–H and O–H groups in total. The maximum absolute atomic E-state index is 5.76. The molecule has 0 saturated heterocycles. The Labute approximate surface area is 134 Å². The maximum atomic E-state index is 5.76. The van der Waals surface area contributed by atoms with E-state index in [4.69, 9.17) is 9.47 Å². The second-order valence-corrected chi connectivity index (χ2v) is 6.53. The van der Waals surface area contributed by atoms with E-state index in [2.05, 4.69) is 20.1 Å². The highest BCUT2D eigenvalue weighted by atomic mass is 16.6. The Morgan fingerprint density at radius 3 is 2.78 bits per heavy atom. The van der Waals surface area contributed by atoms with Gasteiger partial charge in [0.25, 0.3) is 0 Å². The highest BCUT2D eigenvalue weighted by molar-refractivity contribution is 5.63. The quantitative estimate of drug-likeness (QED) is 0.920. The first kappa shape index (κ1) is 13.2. The van der Waals surface area contributed by atoms with Crippen molar-refractivity contribution in [2.24, 2.45) is 0 Å². The lowest BCUT2D eigenvalue weighted by atomic mass is 10.2. The predicted octanol–water partition coefficient (Wildman–Crippen LogP) is 2.87. The van der Waals surface area contributed by atoms with Gasteiger partial charge in [0.2, 0.25) is 0 Å². The number of nitrogens with zero attached hydrogens (tertiary/aromatic N) is 3. The summed E-state index contributed by atoms with van der Waals surface area (Å²) in [5, 5.41) is 12.4. The van der Waals surface area contributed by atoms with Crippen molar-refractivity contribution in [1.82, 2.24) is 14.8 Å². The van der Waals surface area contributed by atoms with Crippen LogP contribution in [-0.4, -0.2) is 28.0 Å². The molecule has 2 aliphatic carbocycles. The molecule has 0 unspecified atom stereocenters. The van der Waals surface area contributed by atoms with Crippen molar-refractivity contribution < 1.29 is 9.47 Å². The standard InChI is InChI=1S/C17H20N4O2/c1-2-13(16-14(3-1)22-8-9-23-16)18-10-15-19-20-17(11-4-5-11)21(15)12-6-7-12/h1-3,11-12,18H,4-10H2. The first-order valence-corrected chi connectivity index (χ1v) is 8.46. The lowest BCUT2D eigenvalue weighted by molar-refractivity contribution is 0.172. The zero-order valence-corrected chi connectivity index (χ0v) is 13.0. The van der Waals surface area contributed by atoms with Crippen molar-refractivity contribution in [1.29, 1.82) is 0 Å². The van der Waals surface area contributed by atoms with Gasteiger partial charge in [-0.2, -0.15) is 0 Å². The predicted molar refractivity (Wildman–Crippen MR) is 85.0 cm³/mol. The summed E-state index contributed by atoms with van der Waals surface area (Å²) in [4.78, 5) is 0. The van der Waals surface area contributed by atoms with Crippen LogP contribution in [0.4, 0.5) is 5.69 Å². The van der Waals surface area contributed by atoms with Gasteiger partial charge in [-0.05, 0) is 37.8 Å². The van der Waals surface area contributed by atoms with Crippen LogP contribution >= 0.6 is 0 Å². The minimum Gasteiger partial charge on any atom is -0.486 e. The zero-order valence-electron chi connectivity index (χ0n) is 13.0. The van der Waals surface area contributed by atoms with Crippen molar-refractivity contribution in [2.45, 2.75) is 44.2 Å². The Bertz CT molecular complexity index is 734. The molecule has 1 aliphatic heterocycles. The third-order valence-corrected chi connectivity index (χ3v) is 4.65. The fraction of sp³-hybridized carbons (Fsp3) is 0.529. The lowest BCUT2D eigenvalue weighted by Crippen LogP contribution is -2.17. The van der Waals surface area contributed by atoms with Gasteiger partial charge in [0.15, 0.2) is 17.3 Å². The van der Waals surface area contributed by atoms with Crippen LogP contribution in [-0.2, 0) is 6.54 Å². The van der Waals surface area contributed by atoms with Crippen LogP contribution in [0.3, 0.4) is 0 Å². The zero-order chi connectivity index (χ0) is 15.2. The normalized spacial score (nSPS) is 19.7. The van der Waals surface area contributed by atoms with E-state index in [9.17, 15) is 0 Å². The average Bonchev–Trinajstić information content (AvgIpc) is 3.51. The highest BCUT2D eigenvalue weighted by Gasteiger charge is 2.36. The molecule has 2 aromatic rings. The molecule has 6 nitrogen and oxygen atoms in total. The topological polar surface area (TPSA) is 61.2 Å². The minimum atomic E-state index is 0.593. The summed E-state index contributed by atoms with van der Waals surface area (Å²) in [6.07, 6.45) is 5.02. The van der Waals surface area contributed by atoms with Gasteiger partial charge in [-0.3, -0.25) is 0 Å². The third-order valence-electron chi connectivity index (χ3n) is 4.65. The Morgan fingerprint density at radius 2 is 1.96 bits per heavy atom. The van der Waals surface area contributed by atoms with Gasteiger partial charge < -0.3 is 19.4 Å². The summed E-state index contributed by atoms with van der Waals surface area (Å²) in [5.74, 6) is 4.48. The van der Waals surface area contributed by atoms with Gasteiger partial charge >= 0.3 is 0 Å². The number of ether oxygens (including phenoxy) is 2. The van der Waals surface area contributed by atoms with Gasteiger partial charge in [0.1, 0.15) is 19.0 Å². The smallest absolute Gasteiger partial charge is 0.184 e. The fourth-order valence-electron chi connectivity index (χ4n) is 3.20. The Hall–Kier alpha value is -2.24. The van der Waals surface area contributed by atoms with Crippen LogP contribution in [0.1, 0.15) is 49.3 Å². The third kappa shape index (κ3) is 2.42. The Morgan fingerprint density at radius 1 is 1.09 bits per heavy atom. The molecule has 0 atom stereocenters. The van der Waals surface area contributed by atoms with Crippen molar-refractivity contribution in [3.05, 3.63) is 29.8 Å². The van der Waals surface area contributed by atoms with Crippen LogP contribution in [0.2, 0.25) is 0 Å². The maximum Gasteiger partial charge on any atom is 0.184 e. The van der Waals surface area contributed by atoms with Crippen LogP contribution < -0.4 is 14.8 Å². The molecule has 0 radical (unpaired) electrons. The Balaban J connectivity index is 1.39. The number of benzene rings is 1. The van der Waals surface area contributed by atoms with Crippen LogP contribution in [0.25, 0.3) is 0 Å². The Kier molecular flexibility index (Phi) is 2.96. The number of rotatable bonds is 5. The van der Waals surface area contributed by atoms with Crippen molar-refractivity contribution in [2.75, 3.05) is 18.5 Å². The summed E-state index contributed by atoms with van der Waals surface area (Å²) in [6.45, 7) is 1.86. The molecule has 120 valence electrons. The molecule has 0 amide bonds. The number of para-hydroxylation sites is 1. The molecule has 1 aromatic heterocycles. The summed E-state index contributed by atoms with van der Waals surface area (Å²) in [6, 6.07) is 6.56. The van der Waals surface area contributed by atoms with Crippen molar-refractivity contribution in [3.8, 4) is 11.5 Å². The summed E-state index contributed by atoms with van der Waals surface area (Å²) in [5.41, 5.74) is 0.959. The van der Waals surface area contributed by atoms with Gasteiger partial charge in [-0.15, -0.1) is 10.2 Å². The number of hydrogen-bond donors (Lipinski definition) is 1. The lowest BCUT2D eigenvalue weighted by Gasteiger charge is -2.21. The minimum absolute atomic E-state index is 0.593. The first-order valence-electron chi connectivity index (χ1n) is 8.46. The molecule has 2 saturated carbocycles. The van der Waals surface area contributed by atoms with Crippen molar-refractivity contribution in [3.63, 3.8) is 0 Å². The number of aromatic nitrogens is 3. The van der Waals surface area contributed by atoms with E-state index >= 15 is 0 Å². The molecular weight excluding hydrogens is 292 g/mol. The van der Waals surface area contributed by atoms with Gasteiger partial charge in [0.05, 0.1) is 12.2 Å². The first-order chi connectivity index (χ1) is 11.4. The van der Waals surface area contributed by atoms with E-state index in [1.165, 1.54) is 31.5 Å². The van der Waals surface area contributed by atoms with E-state index in [1.54, 1.807) is 0 Å². The molecule has 0 bridgehead atoms. The average molecular weight is 312 g/mol. The number of nitrogens with one attached hydrogen (secondary N) is 1. The van der Waals surface area contributed by atoms with E-state index in [1.807, 2.05) is 18.2 Å². The largest absolute Gasteiger partial charge is 0.486 e. The SMILES string of the molecule is c1cc(NCc2nnc(C3CC3)n2C2CC2)c2c(c1)OCCO2. The monoisotopic (exact) mass is 312 g/mol. The number of hydrogen-bond acceptors (Lipinski definition) is 5. The molecular formula is C17H20N4O2. The number of anilines is 1. The molecule has 0 spiro atoms. The molecule has 5 rings (SSSR count). The van der Waals surface area contributed by atoms with Gasteiger partial charge in [-0.1, -0.05) is 6.07 Å². The molecule has 2 heterocycles. The second kappa shape index (κ2) is 5.15. The molecule has 6 heteroatoms. The molecule has 2 fully saturated rings. The van der Waals surface area contributed by atoms with Crippen LogP contribution in [0.5, 0.6) is 11.5 Å². The summed E-state index contributed by atoms with van der Waals surface area (Å²) >= 11 is 0. The summed E-state index contributed by atoms with van der Waals surface area (Å²) in [7, 11) is 0. The van der Waals surface area contributed by atoms with Crippen LogP contribution in [0.15, 0.2) is 18.2 Å².